The Morgan fingerprint density at radius 3 is 2.32 bits per heavy atom. The van der Waals surface area contributed by atoms with E-state index in [-0.39, 0.29) is 11.2 Å². The molecule has 0 saturated carbocycles. The Kier molecular flexibility index (Phi) is 4.14. The van der Waals surface area contributed by atoms with Crippen LogP contribution in [0.3, 0.4) is 0 Å². The lowest BCUT2D eigenvalue weighted by atomic mass is 10.3. The van der Waals surface area contributed by atoms with Crippen LogP contribution in [-0.4, -0.2) is 29.7 Å². The molecule has 146 valence electrons. The van der Waals surface area contributed by atoms with Crippen molar-refractivity contribution in [3.8, 4) is 11.4 Å². The minimum Gasteiger partial charge on any atom is -0.494 e. The van der Waals surface area contributed by atoms with Gasteiger partial charge in [-0.05, 0) is 52.0 Å². The molecule has 4 rings (SSSR count). The molecule has 0 atom stereocenters. The van der Waals surface area contributed by atoms with Crippen molar-refractivity contribution in [3.05, 3.63) is 56.5 Å². The van der Waals surface area contributed by atoms with Crippen LogP contribution in [0.2, 0.25) is 0 Å². The van der Waals surface area contributed by atoms with Gasteiger partial charge in [0, 0.05) is 30.7 Å². The molecule has 0 aliphatic carbocycles. The third-order valence-electron chi connectivity index (χ3n) is 5.24. The molecule has 0 saturated heterocycles. The minimum atomic E-state index is -0.359. The predicted octanol–water partition coefficient (Wildman–Crippen LogP) is 2.17. The number of nitrogens with zero attached hydrogens (tertiary/aromatic N) is 5. The Balaban J connectivity index is 2.10. The first kappa shape index (κ1) is 18.1. The molecule has 4 aromatic rings. The van der Waals surface area contributed by atoms with E-state index in [1.54, 1.807) is 14.0 Å². The molecule has 0 aliphatic rings. The number of ether oxygens (including phenoxy) is 1. The smallest absolute Gasteiger partial charge is 0.332 e. The van der Waals surface area contributed by atoms with Gasteiger partial charge in [-0.3, -0.25) is 22.9 Å². The molecule has 0 spiro atoms. The maximum absolute atomic E-state index is 13.0. The summed E-state index contributed by atoms with van der Waals surface area (Å²) in [5, 5.41) is 0. The second-order valence-electron chi connectivity index (χ2n) is 6.74. The molecule has 0 N–H and O–H groups in total. The number of fused-ring (bicyclic) bond motifs is 3. The molecule has 3 heterocycles. The number of aromatic nitrogens is 5. The summed E-state index contributed by atoms with van der Waals surface area (Å²) in [6.45, 7) is 8.60. The number of aryl methyl sites for hydroxylation is 2. The average Bonchev–Trinajstić information content (AvgIpc) is 3.18. The zero-order valence-corrected chi connectivity index (χ0v) is 16.7. The largest absolute Gasteiger partial charge is 0.494 e. The van der Waals surface area contributed by atoms with E-state index in [0.717, 1.165) is 22.8 Å². The van der Waals surface area contributed by atoms with Crippen molar-refractivity contribution in [2.24, 2.45) is 7.05 Å². The summed E-state index contributed by atoms with van der Waals surface area (Å²) in [6.07, 6.45) is 0. The van der Waals surface area contributed by atoms with Gasteiger partial charge in [-0.25, -0.2) is 4.79 Å². The van der Waals surface area contributed by atoms with E-state index in [9.17, 15) is 9.59 Å². The van der Waals surface area contributed by atoms with E-state index in [4.69, 9.17) is 4.74 Å². The van der Waals surface area contributed by atoms with Gasteiger partial charge in [0.1, 0.15) is 5.75 Å². The maximum atomic E-state index is 13.0. The summed E-state index contributed by atoms with van der Waals surface area (Å²) in [6, 6.07) is 7.74. The average molecular weight is 381 g/mol. The van der Waals surface area contributed by atoms with Gasteiger partial charge in [-0.2, -0.15) is 4.98 Å². The number of benzene rings is 1. The van der Waals surface area contributed by atoms with Crippen LogP contribution in [0.5, 0.6) is 5.75 Å². The molecule has 0 radical (unpaired) electrons. The topological polar surface area (TPSA) is 75.5 Å². The molecule has 0 bridgehead atoms. The summed E-state index contributed by atoms with van der Waals surface area (Å²) in [4.78, 5) is 30.2. The molecule has 28 heavy (non-hydrogen) atoms. The normalized spacial score (nSPS) is 11.6. The van der Waals surface area contributed by atoms with Crippen LogP contribution in [0.1, 0.15) is 25.2 Å². The molecule has 0 fully saturated rings. The van der Waals surface area contributed by atoms with E-state index < -0.39 is 0 Å². The highest BCUT2D eigenvalue weighted by atomic mass is 16.5. The van der Waals surface area contributed by atoms with Gasteiger partial charge in [-0.1, -0.05) is 0 Å². The number of hydrogen-bond donors (Lipinski definition) is 0. The lowest BCUT2D eigenvalue weighted by Gasteiger charge is -2.08. The molecular formula is C20H23N5O3. The van der Waals surface area contributed by atoms with Crippen molar-refractivity contribution in [1.82, 2.24) is 23.1 Å². The quantitative estimate of drug-likeness (QED) is 0.543. The third kappa shape index (κ3) is 2.33. The molecule has 0 aliphatic heterocycles. The number of rotatable bonds is 4. The van der Waals surface area contributed by atoms with Crippen molar-refractivity contribution in [2.45, 2.75) is 34.2 Å². The maximum Gasteiger partial charge on any atom is 0.332 e. The zero-order chi connectivity index (χ0) is 20.2. The van der Waals surface area contributed by atoms with Gasteiger partial charge >= 0.3 is 5.69 Å². The van der Waals surface area contributed by atoms with Crippen LogP contribution in [0.15, 0.2) is 33.9 Å². The Morgan fingerprint density at radius 2 is 1.71 bits per heavy atom. The summed E-state index contributed by atoms with van der Waals surface area (Å²) >= 11 is 0. The van der Waals surface area contributed by atoms with Crippen LogP contribution >= 0.6 is 0 Å². The number of imidazole rings is 2. The van der Waals surface area contributed by atoms with E-state index in [2.05, 4.69) is 4.98 Å². The van der Waals surface area contributed by atoms with Crippen LogP contribution in [-0.2, 0) is 13.6 Å². The Morgan fingerprint density at radius 1 is 1.04 bits per heavy atom. The Hall–Kier alpha value is -3.29. The number of hydrogen-bond acceptors (Lipinski definition) is 4. The van der Waals surface area contributed by atoms with E-state index in [1.165, 1.54) is 9.13 Å². The van der Waals surface area contributed by atoms with E-state index in [1.807, 2.05) is 54.0 Å². The Labute approximate surface area is 161 Å². The van der Waals surface area contributed by atoms with Gasteiger partial charge in [0.15, 0.2) is 11.2 Å². The molecule has 0 unspecified atom stereocenters. The molecule has 3 aromatic heterocycles. The second kappa shape index (κ2) is 6.40. The lowest BCUT2D eigenvalue weighted by molar-refractivity contribution is 0.340. The first-order valence-electron chi connectivity index (χ1n) is 9.33. The fourth-order valence-electron chi connectivity index (χ4n) is 3.70. The zero-order valence-electron chi connectivity index (χ0n) is 16.7. The predicted molar refractivity (Wildman–Crippen MR) is 108 cm³/mol. The van der Waals surface area contributed by atoms with E-state index >= 15 is 0 Å². The Bertz CT molecular complexity index is 1320. The summed E-state index contributed by atoms with van der Waals surface area (Å²) in [5.41, 5.74) is 2.93. The fraction of sp³-hybridized carbons (Fsp3) is 0.350. The van der Waals surface area contributed by atoms with Crippen LogP contribution in [0.4, 0.5) is 0 Å². The summed E-state index contributed by atoms with van der Waals surface area (Å²) in [5.74, 6) is 1.40. The van der Waals surface area contributed by atoms with Gasteiger partial charge in [0.2, 0.25) is 5.78 Å². The fourth-order valence-corrected chi connectivity index (χ4v) is 3.70. The van der Waals surface area contributed by atoms with Crippen molar-refractivity contribution >= 4 is 16.9 Å². The highest BCUT2D eigenvalue weighted by molar-refractivity contribution is 5.77. The standard InChI is InChI=1S/C20H23N5O3/c1-6-23-18(26)16-17(22(5)20(23)27)21-19-24(12(3)13(4)25(16)19)14-8-10-15(11-9-14)28-7-2/h8-11H,6-7H2,1-5H3. The molecular weight excluding hydrogens is 358 g/mol. The summed E-state index contributed by atoms with van der Waals surface area (Å²) < 4.78 is 12.0. The molecule has 8 nitrogen and oxygen atoms in total. The SMILES string of the molecule is CCOc1ccc(-n2c(C)c(C)n3c4c(=O)n(CC)c(=O)n(C)c4nc23)cc1. The van der Waals surface area contributed by atoms with Crippen molar-refractivity contribution in [3.63, 3.8) is 0 Å². The van der Waals surface area contributed by atoms with Crippen LogP contribution in [0.25, 0.3) is 22.6 Å². The first-order chi connectivity index (χ1) is 13.4. The van der Waals surface area contributed by atoms with Crippen molar-refractivity contribution in [1.29, 1.82) is 0 Å². The minimum absolute atomic E-state index is 0.312. The van der Waals surface area contributed by atoms with Crippen LogP contribution < -0.4 is 16.0 Å². The second-order valence-corrected chi connectivity index (χ2v) is 6.74. The first-order valence-corrected chi connectivity index (χ1v) is 9.33. The molecule has 1 aromatic carbocycles. The molecule has 8 heteroatoms. The van der Waals surface area contributed by atoms with Crippen molar-refractivity contribution in [2.75, 3.05) is 6.61 Å². The highest BCUT2D eigenvalue weighted by Crippen LogP contribution is 2.25. The third-order valence-corrected chi connectivity index (χ3v) is 5.24. The monoisotopic (exact) mass is 381 g/mol. The molecule has 0 amide bonds. The highest BCUT2D eigenvalue weighted by Gasteiger charge is 2.22. The summed E-state index contributed by atoms with van der Waals surface area (Å²) in [7, 11) is 1.64. The van der Waals surface area contributed by atoms with Gasteiger partial charge in [0.25, 0.3) is 5.56 Å². The van der Waals surface area contributed by atoms with E-state index in [0.29, 0.717) is 30.1 Å². The van der Waals surface area contributed by atoms with Crippen LogP contribution in [0, 0.1) is 13.8 Å². The van der Waals surface area contributed by atoms with Gasteiger partial charge in [0.05, 0.1) is 6.61 Å². The lowest BCUT2D eigenvalue weighted by Crippen LogP contribution is -2.38. The van der Waals surface area contributed by atoms with Gasteiger partial charge < -0.3 is 4.74 Å². The van der Waals surface area contributed by atoms with Gasteiger partial charge in [-0.15, -0.1) is 0 Å². The van der Waals surface area contributed by atoms with Crippen molar-refractivity contribution < 1.29 is 4.74 Å².